The van der Waals surface area contributed by atoms with Gasteiger partial charge in [0.05, 0.1) is 13.3 Å². The van der Waals surface area contributed by atoms with E-state index in [4.69, 9.17) is 9.47 Å². The van der Waals surface area contributed by atoms with Crippen molar-refractivity contribution in [2.45, 2.75) is 33.4 Å². The first-order valence-electron chi connectivity index (χ1n) is 11.0. The number of benzene rings is 2. The summed E-state index contributed by atoms with van der Waals surface area (Å²) in [4.78, 5) is 12.3. The van der Waals surface area contributed by atoms with E-state index in [1.807, 2.05) is 18.2 Å². The molecule has 0 aliphatic rings. The zero-order chi connectivity index (χ0) is 23.9. The molecule has 0 fully saturated rings. The lowest BCUT2D eigenvalue weighted by Gasteiger charge is -2.10. The number of carbonyl (C=O) groups is 1. The van der Waals surface area contributed by atoms with Crippen LogP contribution in [-0.4, -0.2) is 34.0 Å². The Hall–Kier alpha value is -4.20. The molecule has 174 valence electrons. The second-order valence-corrected chi connectivity index (χ2v) is 7.93. The number of methoxy groups -OCH3 is 1. The van der Waals surface area contributed by atoms with Crippen molar-refractivity contribution in [3.8, 4) is 11.5 Å². The van der Waals surface area contributed by atoms with E-state index in [0.29, 0.717) is 24.5 Å². The lowest BCUT2D eigenvalue weighted by molar-refractivity contribution is -0.121. The van der Waals surface area contributed by atoms with Crippen LogP contribution in [0.25, 0.3) is 10.9 Å². The molecule has 0 radical (unpaired) electrons. The molecule has 0 bridgehead atoms. The van der Waals surface area contributed by atoms with Gasteiger partial charge in [-0.1, -0.05) is 12.1 Å². The fourth-order valence-corrected chi connectivity index (χ4v) is 3.86. The maximum atomic E-state index is 12.3. The van der Waals surface area contributed by atoms with Crippen LogP contribution in [0.15, 0.2) is 66.0 Å². The summed E-state index contributed by atoms with van der Waals surface area (Å²) in [5.74, 6) is 0.988. The zero-order valence-corrected chi connectivity index (χ0v) is 19.5. The quantitative estimate of drug-likeness (QED) is 0.301. The van der Waals surface area contributed by atoms with Gasteiger partial charge in [-0.3, -0.25) is 4.79 Å². The van der Waals surface area contributed by atoms with Gasteiger partial charge in [0.25, 0.3) is 0 Å². The Morgan fingerprint density at radius 1 is 1.12 bits per heavy atom. The van der Waals surface area contributed by atoms with Crippen molar-refractivity contribution in [1.82, 2.24) is 20.2 Å². The van der Waals surface area contributed by atoms with Crippen molar-refractivity contribution in [1.29, 1.82) is 0 Å². The van der Waals surface area contributed by atoms with E-state index in [-0.39, 0.29) is 12.5 Å². The van der Waals surface area contributed by atoms with E-state index in [0.717, 1.165) is 16.8 Å². The Bertz CT molecular complexity index is 1320. The van der Waals surface area contributed by atoms with Crippen LogP contribution in [0.4, 0.5) is 0 Å². The van der Waals surface area contributed by atoms with Gasteiger partial charge in [0.1, 0.15) is 12.3 Å². The lowest BCUT2D eigenvalue weighted by Crippen LogP contribution is -2.19. The molecule has 4 rings (SSSR count). The summed E-state index contributed by atoms with van der Waals surface area (Å²) in [7, 11) is 1.57. The van der Waals surface area contributed by atoms with Crippen LogP contribution in [0.5, 0.6) is 11.5 Å². The summed E-state index contributed by atoms with van der Waals surface area (Å²) >= 11 is 0. The molecule has 2 aromatic carbocycles. The SMILES string of the molecule is COc1cc(/C=N/NC(=O)CCn2cc(C)c3c(C)cccc32)ccc1OCc1cccnn1. The molecule has 8 nitrogen and oxygen atoms in total. The van der Waals surface area contributed by atoms with Crippen LogP contribution in [0.1, 0.15) is 28.8 Å². The van der Waals surface area contributed by atoms with Crippen molar-refractivity contribution in [2.75, 3.05) is 7.11 Å². The van der Waals surface area contributed by atoms with Crippen molar-refractivity contribution in [3.63, 3.8) is 0 Å². The summed E-state index contributed by atoms with van der Waals surface area (Å²) in [5.41, 5.74) is 7.68. The molecule has 2 aromatic heterocycles. The number of aromatic nitrogens is 3. The van der Waals surface area contributed by atoms with Gasteiger partial charge in [0.15, 0.2) is 11.5 Å². The third-order valence-corrected chi connectivity index (χ3v) is 5.48. The number of rotatable bonds is 9. The number of aryl methyl sites for hydroxylation is 3. The summed E-state index contributed by atoms with van der Waals surface area (Å²) in [6, 6.07) is 15.3. The van der Waals surface area contributed by atoms with Gasteiger partial charge in [-0.2, -0.15) is 15.3 Å². The molecule has 0 aliphatic carbocycles. The van der Waals surface area contributed by atoms with Crippen molar-refractivity contribution in [2.24, 2.45) is 5.10 Å². The van der Waals surface area contributed by atoms with Crippen LogP contribution in [0.2, 0.25) is 0 Å². The minimum Gasteiger partial charge on any atom is -0.493 e. The summed E-state index contributed by atoms with van der Waals surface area (Å²) in [6.45, 7) is 5.06. The van der Waals surface area contributed by atoms with Gasteiger partial charge in [-0.15, -0.1) is 0 Å². The number of ether oxygens (including phenoxy) is 2. The van der Waals surface area contributed by atoms with Crippen molar-refractivity contribution >= 4 is 23.0 Å². The minimum absolute atomic E-state index is 0.153. The molecule has 1 N–H and O–H groups in total. The Kier molecular flexibility index (Phi) is 7.17. The fraction of sp³-hybridized carbons (Fsp3) is 0.231. The largest absolute Gasteiger partial charge is 0.493 e. The highest BCUT2D eigenvalue weighted by molar-refractivity contribution is 5.87. The fourth-order valence-electron chi connectivity index (χ4n) is 3.86. The Balaban J connectivity index is 1.32. The molecule has 1 amide bonds. The standard InChI is InChI=1S/C26H27N5O3/c1-18-6-4-8-22-26(18)19(2)16-31(22)13-11-25(32)30-28-15-20-9-10-23(24(14-20)33-3)34-17-21-7-5-12-27-29-21/h4-10,12,14-16H,11,13,17H2,1-3H3,(H,30,32)/b28-15+. The molecule has 2 heterocycles. The number of hydrogen-bond donors (Lipinski definition) is 1. The molecule has 0 aliphatic heterocycles. The van der Waals surface area contributed by atoms with E-state index in [2.05, 4.69) is 57.5 Å². The molecule has 4 aromatic rings. The summed E-state index contributed by atoms with van der Waals surface area (Å²) < 4.78 is 13.3. The third kappa shape index (κ3) is 5.40. The molecule has 8 heteroatoms. The number of nitrogens with one attached hydrogen (secondary N) is 1. The monoisotopic (exact) mass is 457 g/mol. The first-order chi connectivity index (χ1) is 16.5. The topological polar surface area (TPSA) is 90.6 Å². The van der Waals surface area contributed by atoms with Gasteiger partial charge in [0.2, 0.25) is 5.91 Å². The second-order valence-electron chi connectivity index (χ2n) is 7.93. The molecule has 0 spiro atoms. The first kappa shape index (κ1) is 23.0. The Labute approximate surface area is 198 Å². The highest BCUT2D eigenvalue weighted by atomic mass is 16.5. The number of hydrogen-bond acceptors (Lipinski definition) is 6. The van der Waals surface area contributed by atoms with Crippen molar-refractivity contribution < 1.29 is 14.3 Å². The summed E-state index contributed by atoms with van der Waals surface area (Å²) in [6.07, 6.45) is 5.61. The minimum atomic E-state index is -0.153. The molecule has 0 saturated heterocycles. The Morgan fingerprint density at radius 2 is 2.00 bits per heavy atom. The second kappa shape index (κ2) is 10.6. The third-order valence-electron chi connectivity index (χ3n) is 5.48. The van der Waals surface area contributed by atoms with Crippen LogP contribution >= 0.6 is 0 Å². The average molecular weight is 458 g/mol. The predicted molar refractivity (Wildman–Crippen MR) is 131 cm³/mol. The predicted octanol–water partition coefficient (Wildman–Crippen LogP) is 4.18. The van der Waals surface area contributed by atoms with E-state index < -0.39 is 0 Å². The van der Waals surface area contributed by atoms with Gasteiger partial charge in [-0.25, -0.2) is 5.43 Å². The highest BCUT2D eigenvalue weighted by Gasteiger charge is 2.09. The van der Waals surface area contributed by atoms with Crippen LogP contribution in [-0.2, 0) is 17.9 Å². The number of hydrazone groups is 1. The van der Waals surface area contributed by atoms with E-state index in [1.54, 1.807) is 37.7 Å². The number of carbonyl (C=O) groups excluding carboxylic acids is 1. The van der Waals surface area contributed by atoms with Crippen molar-refractivity contribution in [3.05, 3.63) is 83.3 Å². The molecule has 0 atom stereocenters. The molecular formula is C26H27N5O3. The van der Waals surface area contributed by atoms with Gasteiger partial charge < -0.3 is 14.0 Å². The maximum absolute atomic E-state index is 12.3. The molecule has 0 saturated carbocycles. The first-order valence-corrected chi connectivity index (χ1v) is 11.0. The molecule has 0 unspecified atom stereocenters. The smallest absolute Gasteiger partial charge is 0.241 e. The van der Waals surface area contributed by atoms with Gasteiger partial charge in [-0.05, 0) is 66.9 Å². The molecule has 34 heavy (non-hydrogen) atoms. The maximum Gasteiger partial charge on any atom is 0.241 e. The number of amides is 1. The van der Waals surface area contributed by atoms with Crippen LogP contribution in [0.3, 0.4) is 0 Å². The lowest BCUT2D eigenvalue weighted by atomic mass is 10.1. The molecular weight excluding hydrogens is 430 g/mol. The average Bonchev–Trinajstić information content (AvgIpc) is 3.19. The van der Waals surface area contributed by atoms with E-state index in [1.165, 1.54) is 16.5 Å². The summed E-state index contributed by atoms with van der Waals surface area (Å²) in [5, 5.41) is 13.2. The van der Waals surface area contributed by atoms with E-state index >= 15 is 0 Å². The van der Waals surface area contributed by atoms with E-state index in [9.17, 15) is 4.79 Å². The van der Waals surface area contributed by atoms with Gasteiger partial charge in [0, 0.05) is 36.3 Å². The zero-order valence-electron chi connectivity index (χ0n) is 19.5. The van der Waals surface area contributed by atoms with Gasteiger partial charge >= 0.3 is 0 Å². The van der Waals surface area contributed by atoms with Crippen LogP contribution in [0, 0.1) is 13.8 Å². The van der Waals surface area contributed by atoms with Crippen LogP contribution < -0.4 is 14.9 Å². The number of fused-ring (bicyclic) bond motifs is 1. The normalized spacial score (nSPS) is 11.1. The number of nitrogens with zero attached hydrogens (tertiary/aromatic N) is 4. The highest BCUT2D eigenvalue weighted by Crippen LogP contribution is 2.28. The Morgan fingerprint density at radius 3 is 2.79 bits per heavy atom.